The molecule has 3 heteroatoms. The van der Waals surface area contributed by atoms with Crippen LogP contribution in [0, 0.1) is 0 Å². The average molecular weight is 339 g/mol. The quantitative estimate of drug-likeness (QED) is 0.333. The van der Waals surface area contributed by atoms with E-state index < -0.39 is 0 Å². The van der Waals surface area contributed by atoms with Crippen molar-refractivity contribution >= 4 is 65.7 Å². The van der Waals surface area contributed by atoms with E-state index in [2.05, 4.69) is 66.7 Å². The molecule has 5 aromatic rings. The van der Waals surface area contributed by atoms with Crippen molar-refractivity contribution in [2.45, 2.75) is 0 Å². The van der Waals surface area contributed by atoms with Crippen LogP contribution in [0.15, 0.2) is 66.7 Å². The molecule has 2 aromatic heterocycles. The van der Waals surface area contributed by atoms with Crippen molar-refractivity contribution in [2.24, 2.45) is 0 Å². The molecule has 0 aliphatic heterocycles. The molecule has 0 aliphatic rings. The van der Waals surface area contributed by atoms with Gasteiger partial charge in [0.1, 0.15) is 0 Å². The van der Waals surface area contributed by atoms with Gasteiger partial charge in [0, 0.05) is 0 Å². The molecule has 2 heterocycles. The molecule has 3 aromatic carbocycles. The summed E-state index contributed by atoms with van der Waals surface area (Å²) in [5.74, 6) is 1.66. The Balaban J connectivity index is 1.77. The van der Waals surface area contributed by atoms with E-state index in [4.69, 9.17) is 7.49 Å². The van der Waals surface area contributed by atoms with Crippen LogP contribution in [-0.2, 0) is 0 Å². The summed E-state index contributed by atoms with van der Waals surface area (Å²) in [6, 6.07) is 23.8. The van der Waals surface area contributed by atoms with Crippen molar-refractivity contribution in [2.75, 3.05) is 0 Å². The molecule has 0 amide bonds. The van der Waals surface area contributed by atoms with Crippen molar-refractivity contribution in [1.29, 1.82) is 0 Å². The van der Waals surface area contributed by atoms with Crippen LogP contribution in [0.3, 0.4) is 0 Å². The molecule has 0 aliphatic carbocycles. The van der Waals surface area contributed by atoms with Crippen molar-refractivity contribution in [1.82, 2.24) is 0 Å². The third-order valence-electron chi connectivity index (χ3n) is 4.41. The summed E-state index contributed by atoms with van der Waals surface area (Å²) in [6.45, 7) is 0. The number of benzene rings is 3. The zero-order chi connectivity index (χ0) is 16.1. The minimum absolute atomic E-state index is 1.08. The summed E-state index contributed by atoms with van der Waals surface area (Å²) in [4.78, 5) is 0. The summed E-state index contributed by atoms with van der Waals surface area (Å²) in [7, 11) is 5.66. The molecular formula is C21H12BS2. The minimum atomic E-state index is 1.08. The molecule has 0 fully saturated rings. The van der Waals surface area contributed by atoms with Gasteiger partial charge in [0.15, 0.2) is 0 Å². The first-order valence-corrected chi connectivity index (χ1v) is 9.46. The number of rotatable bonds is 2. The first kappa shape index (κ1) is 14.1. The second kappa shape index (κ2) is 5.40. The fourth-order valence-corrected chi connectivity index (χ4v) is 5.93. The predicted octanol–water partition coefficient (Wildman–Crippen LogP) is 6.26. The molecule has 111 valence electrons. The van der Waals surface area contributed by atoms with Crippen molar-refractivity contribution in [3.05, 3.63) is 72.3 Å². The molecule has 0 saturated carbocycles. The first-order valence-electron chi connectivity index (χ1n) is 7.83. The monoisotopic (exact) mass is 339 g/mol. The van der Waals surface area contributed by atoms with Crippen LogP contribution in [0.1, 0.15) is 5.56 Å². The van der Waals surface area contributed by atoms with Crippen LogP contribution in [0.4, 0.5) is 0 Å². The molecule has 1 radical (unpaired) electrons. The van der Waals surface area contributed by atoms with Crippen LogP contribution in [0.5, 0.6) is 0 Å². The summed E-state index contributed by atoms with van der Waals surface area (Å²) >= 11 is 3.75. The van der Waals surface area contributed by atoms with Gasteiger partial charge in [-0.3, -0.25) is 0 Å². The van der Waals surface area contributed by atoms with E-state index in [0.29, 0.717) is 0 Å². The van der Waals surface area contributed by atoms with Crippen LogP contribution in [-0.4, -0.2) is 13.5 Å². The third-order valence-corrected chi connectivity index (χ3v) is 6.91. The SMILES string of the molecule is [B]=Cc1ccc2c(c1)sc1c3ccc(-c4ccccc4)cc3sc21. The van der Waals surface area contributed by atoms with Crippen LogP contribution in [0.2, 0.25) is 0 Å². The van der Waals surface area contributed by atoms with Gasteiger partial charge in [0.2, 0.25) is 0 Å². The van der Waals surface area contributed by atoms with Gasteiger partial charge in [-0.1, -0.05) is 18.2 Å². The summed E-state index contributed by atoms with van der Waals surface area (Å²) in [5, 5.41) is 2.69. The number of hydrogen-bond acceptors (Lipinski definition) is 2. The molecule has 0 atom stereocenters. The Bertz CT molecular complexity index is 1210. The standard InChI is InChI=1S/C21H12BS2/c22-12-13-6-8-16-18(10-13)23-21-17-9-7-15(11-19(17)24-20(16)21)14-4-2-1-3-5-14/h1-12H. The second-order valence-electron chi connectivity index (χ2n) is 5.86. The van der Waals surface area contributed by atoms with E-state index in [9.17, 15) is 0 Å². The van der Waals surface area contributed by atoms with E-state index in [1.165, 1.54) is 40.7 Å². The Hall–Kier alpha value is -2.23. The van der Waals surface area contributed by atoms with E-state index in [-0.39, 0.29) is 0 Å². The van der Waals surface area contributed by atoms with Crippen LogP contribution < -0.4 is 0 Å². The van der Waals surface area contributed by atoms with Gasteiger partial charge in [0.05, 0.1) is 0 Å². The van der Waals surface area contributed by atoms with Crippen molar-refractivity contribution < 1.29 is 0 Å². The van der Waals surface area contributed by atoms with Crippen LogP contribution in [0.25, 0.3) is 40.7 Å². The first-order chi connectivity index (χ1) is 11.8. The number of fused-ring (bicyclic) bond motifs is 5. The predicted molar refractivity (Wildman–Crippen MR) is 111 cm³/mol. The topological polar surface area (TPSA) is 0 Å². The zero-order valence-electron chi connectivity index (χ0n) is 12.8. The Morgan fingerprint density at radius 3 is 2.04 bits per heavy atom. The molecule has 0 spiro atoms. The maximum absolute atomic E-state index is 5.66. The Labute approximate surface area is 149 Å². The molecule has 24 heavy (non-hydrogen) atoms. The van der Waals surface area contributed by atoms with E-state index in [0.717, 1.165) is 5.56 Å². The third kappa shape index (κ3) is 2.09. The molecule has 5 rings (SSSR count). The Morgan fingerprint density at radius 1 is 0.667 bits per heavy atom. The molecule has 0 nitrogen and oxygen atoms in total. The van der Waals surface area contributed by atoms with Gasteiger partial charge in [-0.05, 0) is 0 Å². The van der Waals surface area contributed by atoms with E-state index in [1.54, 1.807) is 5.97 Å². The maximum atomic E-state index is 5.66. The van der Waals surface area contributed by atoms with Gasteiger partial charge in [-0.15, -0.1) is 0 Å². The molecule has 0 saturated heterocycles. The molecule has 0 unspecified atom stereocenters. The van der Waals surface area contributed by atoms with Crippen LogP contribution >= 0.6 is 22.7 Å². The molecule has 0 bridgehead atoms. The number of hydrogen-bond donors (Lipinski definition) is 0. The molecule has 0 N–H and O–H groups in total. The fraction of sp³-hybridized carbons (Fsp3) is 0. The zero-order valence-corrected chi connectivity index (χ0v) is 14.5. The summed E-state index contributed by atoms with van der Waals surface area (Å²) < 4.78 is 5.44. The van der Waals surface area contributed by atoms with Gasteiger partial charge < -0.3 is 0 Å². The van der Waals surface area contributed by atoms with E-state index >= 15 is 0 Å². The van der Waals surface area contributed by atoms with Crippen molar-refractivity contribution in [3.8, 4) is 11.1 Å². The van der Waals surface area contributed by atoms with E-state index in [1.807, 2.05) is 22.7 Å². The van der Waals surface area contributed by atoms with Gasteiger partial charge in [-0.25, -0.2) is 0 Å². The van der Waals surface area contributed by atoms with Gasteiger partial charge in [-0.2, -0.15) is 0 Å². The summed E-state index contributed by atoms with van der Waals surface area (Å²) in [5.41, 5.74) is 3.62. The Morgan fingerprint density at radius 2 is 1.33 bits per heavy atom. The normalized spacial score (nSPS) is 11.5. The second-order valence-corrected chi connectivity index (χ2v) is 7.97. The molecular weight excluding hydrogens is 327 g/mol. The van der Waals surface area contributed by atoms with Gasteiger partial charge in [0.25, 0.3) is 0 Å². The fourth-order valence-electron chi connectivity index (χ4n) is 3.19. The number of thiophene rings is 2. The Kier molecular flexibility index (Phi) is 3.18. The van der Waals surface area contributed by atoms with Gasteiger partial charge >= 0.3 is 131 Å². The average Bonchev–Trinajstić information content (AvgIpc) is 3.17. The van der Waals surface area contributed by atoms with Crippen molar-refractivity contribution in [3.63, 3.8) is 0 Å². The summed E-state index contributed by atoms with van der Waals surface area (Å²) in [6.07, 6.45) is 0.